The Kier molecular flexibility index (Phi) is 7.89. The lowest BCUT2D eigenvalue weighted by Gasteiger charge is -2.17. The highest BCUT2D eigenvalue weighted by atomic mass is 32.2. The van der Waals surface area contributed by atoms with Crippen molar-refractivity contribution in [3.05, 3.63) is 71.0 Å². The predicted octanol–water partition coefficient (Wildman–Crippen LogP) is 4.19. The van der Waals surface area contributed by atoms with Crippen LogP contribution in [0.25, 0.3) is 11.1 Å². The van der Waals surface area contributed by atoms with Crippen molar-refractivity contribution in [3.8, 4) is 34.4 Å². The van der Waals surface area contributed by atoms with Gasteiger partial charge in [0, 0.05) is 12.1 Å². The third-order valence-electron chi connectivity index (χ3n) is 5.17. The molecule has 11 heteroatoms. The van der Waals surface area contributed by atoms with Gasteiger partial charge >= 0.3 is 0 Å². The number of sulfonamides is 1. The van der Waals surface area contributed by atoms with Crippen LogP contribution < -0.4 is 18.9 Å². The molecule has 7 nitrogen and oxygen atoms in total. The second-order valence-corrected chi connectivity index (χ2v) is 8.95. The number of halogens is 3. The second-order valence-electron chi connectivity index (χ2n) is 7.22. The summed E-state index contributed by atoms with van der Waals surface area (Å²) in [7, 11) is -0.0130. The van der Waals surface area contributed by atoms with E-state index in [1.165, 1.54) is 45.6 Å². The lowest BCUT2D eigenvalue weighted by atomic mass is 9.99. The first-order valence-corrected chi connectivity index (χ1v) is 11.6. The van der Waals surface area contributed by atoms with Gasteiger partial charge in [-0.05, 0) is 47.9 Å². The minimum absolute atomic E-state index is 0.0354. The summed E-state index contributed by atoms with van der Waals surface area (Å²) in [5, 5.41) is 9.08. The summed E-state index contributed by atoms with van der Waals surface area (Å²) in [5.74, 6) is -3.84. The van der Waals surface area contributed by atoms with E-state index in [0.717, 1.165) is 12.1 Å². The normalized spacial score (nSPS) is 11.1. The molecule has 0 spiro atoms. The van der Waals surface area contributed by atoms with E-state index in [0.29, 0.717) is 5.56 Å². The van der Waals surface area contributed by atoms with Crippen LogP contribution in [0.5, 0.6) is 17.2 Å². The van der Waals surface area contributed by atoms with Crippen LogP contribution in [0.1, 0.15) is 11.1 Å². The van der Waals surface area contributed by atoms with Gasteiger partial charge in [-0.25, -0.2) is 26.3 Å². The fraction of sp³-hybridized carbons (Fsp3) is 0.208. The molecular formula is C24H21F3N2O5S. The summed E-state index contributed by atoms with van der Waals surface area (Å²) in [6.07, 6.45) is 0.158. The Hall–Kier alpha value is -3.75. The number of nitriles is 1. The highest BCUT2D eigenvalue weighted by Crippen LogP contribution is 2.41. The van der Waals surface area contributed by atoms with Gasteiger partial charge in [0.05, 0.1) is 33.0 Å². The van der Waals surface area contributed by atoms with Gasteiger partial charge in [-0.2, -0.15) is 5.26 Å². The number of ether oxygens (including phenoxy) is 3. The maximum Gasteiger partial charge on any atom is 0.244 e. The lowest BCUT2D eigenvalue weighted by molar-refractivity contribution is 0.352. The fourth-order valence-electron chi connectivity index (χ4n) is 3.52. The molecule has 0 aliphatic heterocycles. The Morgan fingerprint density at radius 3 is 2.14 bits per heavy atom. The van der Waals surface area contributed by atoms with Crippen LogP contribution in [0, 0.1) is 28.8 Å². The van der Waals surface area contributed by atoms with Crippen molar-refractivity contribution in [3.63, 3.8) is 0 Å². The van der Waals surface area contributed by atoms with Gasteiger partial charge < -0.3 is 14.2 Å². The van der Waals surface area contributed by atoms with Crippen molar-refractivity contribution in [2.45, 2.75) is 11.3 Å². The summed E-state index contributed by atoms with van der Waals surface area (Å²) in [4.78, 5) is -0.181. The first-order valence-electron chi connectivity index (χ1n) is 10.1. The topological polar surface area (TPSA) is 97.7 Å². The maximum absolute atomic E-state index is 13.8. The minimum Gasteiger partial charge on any atom is -0.495 e. The quantitative estimate of drug-likeness (QED) is 0.437. The first kappa shape index (κ1) is 25.9. The molecule has 0 aromatic heterocycles. The van der Waals surface area contributed by atoms with Crippen LogP contribution in [-0.2, 0) is 16.4 Å². The number of benzene rings is 3. The molecule has 0 heterocycles. The molecule has 35 heavy (non-hydrogen) atoms. The van der Waals surface area contributed by atoms with E-state index in [9.17, 15) is 21.6 Å². The van der Waals surface area contributed by atoms with Crippen molar-refractivity contribution in [2.75, 3.05) is 27.9 Å². The van der Waals surface area contributed by atoms with Crippen molar-refractivity contribution >= 4 is 10.0 Å². The molecule has 0 saturated heterocycles. The summed E-state index contributed by atoms with van der Waals surface area (Å²) in [6, 6.07) is 10.7. The largest absolute Gasteiger partial charge is 0.495 e. The fourth-order valence-corrected chi connectivity index (χ4v) is 4.74. The summed E-state index contributed by atoms with van der Waals surface area (Å²) >= 11 is 0. The zero-order valence-corrected chi connectivity index (χ0v) is 19.8. The van der Waals surface area contributed by atoms with E-state index < -0.39 is 27.5 Å². The van der Waals surface area contributed by atoms with E-state index in [4.69, 9.17) is 19.5 Å². The average Bonchev–Trinajstić information content (AvgIpc) is 2.85. The Bertz CT molecular complexity index is 1380. The standard InChI is InChI=1S/C24H21F3N2O5S/c1-32-20-7-4-14(13-28)10-21(20)35(30,31)29-9-8-15-5-6-17(24(34-3)23(15)33-2)16-11-18(25)22(27)19(26)12-16/h4-7,10-12,29H,8-9H2,1-3H3. The van der Waals surface area contributed by atoms with E-state index >= 15 is 0 Å². The number of nitrogens with one attached hydrogen (secondary N) is 1. The number of hydrogen-bond donors (Lipinski definition) is 1. The van der Waals surface area contributed by atoms with Crippen LogP contribution in [0.4, 0.5) is 13.2 Å². The van der Waals surface area contributed by atoms with Gasteiger partial charge in [-0.1, -0.05) is 12.1 Å². The van der Waals surface area contributed by atoms with Crippen molar-refractivity contribution in [2.24, 2.45) is 0 Å². The van der Waals surface area contributed by atoms with E-state index in [1.807, 2.05) is 6.07 Å². The third kappa shape index (κ3) is 5.34. The van der Waals surface area contributed by atoms with Gasteiger partial charge in [0.2, 0.25) is 10.0 Å². The third-order valence-corrected chi connectivity index (χ3v) is 6.65. The van der Waals surface area contributed by atoms with Gasteiger partial charge in [-0.15, -0.1) is 0 Å². The first-order chi connectivity index (χ1) is 16.7. The van der Waals surface area contributed by atoms with Gasteiger partial charge in [0.25, 0.3) is 0 Å². The molecule has 0 aliphatic rings. The predicted molar refractivity (Wildman–Crippen MR) is 121 cm³/mol. The van der Waals surface area contributed by atoms with Crippen LogP contribution >= 0.6 is 0 Å². The van der Waals surface area contributed by atoms with Crippen molar-refractivity contribution in [1.82, 2.24) is 4.72 Å². The molecule has 3 aromatic carbocycles. The summed E-state index contributed by atoms with van der Waals surface area (Å²) in [5.41, 5.74) is 0.983. The van der Waals surface area contributed by atoms with E-state index in [1.54, 1.807) is 6.07 Å². The maximum atomic E-state index is 13.8. The molecule has 0 fully saturated rings. The molecule has 0 saturated carbocycles. The number of rotatable bonds is 9. The second kappa shape index (κ2) is 10.7. The van der Waals surface area contributed by atoms with Crippen molar-refractivity contribution < 1.29 is 35.8 Å². The number of nitrogens with zero attached hydrogens (tertiary/aromatic N) is 1. The van der Waals surface area contributed by atoms with Crippen LogP contribution in [-0.4, -0.2) is 36.3 Å². The zero-order chi connectivity index (χ0) is 25.8. The summed E-state index contributed by atoms with van der Waals surface area (Å²) < 4.78 is 84.9. The molecule has 184 valence electrons. The molecular weight excluding hydrogens is 485 g/mol. The van der Waals surface area contributed by atoms with Gasteiger partial charge in [0.1, 0.15) is 10.6 Å². The molecule has 3 rings (SSSR count). The lowest BCUT2D eigenvalue weighted by Crippen LogP contribution is -2.26. The van der Waals surface area contributed by atoms with Crippen molar-refractivity contribution in [1.29, 1.82) is 5.26 Å². The molecule has 3 aromatic rings. The zero-order valence-electron chi connectivity index (χ0n) is 19.0. The summed E-state index contributed by atoms with van der Waals surface area (Å²) in [6.45, 7) is -0.0546. The Labute approximate surface area is 200 Å². The van der Waals surface area contributed by atoms with Crippen LogP contribution in [0.15, 0.2) is 47.4 Å². The molecule has 0 atom stereocenters. The SMILES string of the molecule is COc1ccc(C#N)cc1S(=O)(=O)NCCc1ccc(-c2cc(F)c(F)c(F)c2)c(OC)c1OC. The van der Waals surface area contributed by atoms with Crippen LogP contribution in [0.2, 0.25) is 0 Å². The Morgan fingerprint density at radius 1 is 0.914 bits per heavy atom. The van der Waals surface area contributed by atoms with Crippen LogP contribution in [0.3, 0.4) is 0 Å². The number of methoxy groups -OCH3 is 3. The smallest absolute Gasteiger partial charge is 0.244 e. The average molecular weight is 507 g/mol. The highest BCUT2D eigenvalue weighted by molar-refractivity contribution is 7.89. The molecule has 1 N–H and O–H groups in total. The molecule has 0 aliphatic carbocycles. The number of hydrogen-bond acceptors (Lipinski definition) is 6. The van der Waals surface area contributed by atoms with Gasteiger partial charge in [0.15, 0.2) is 29.0 Å². The van der Waals surface area contributed by atoms with Gasteiger partial charge in [-0.3, -0.25) is 0 Å². The Balaban J connectivity index is 1.89. The highest BCUT2D eigenvalue weighted by Gasteiger charge is 2.22. The molecule has 0 unspecified atom stereocenters. The van der Waals surface area contributed by atoms with E-state index in [-0.39, 0.29) is 51.8 Å². The van der Waals surface area contributed by atoms with E-state index in [2.05, 4.69) is 4.72 Å². The molecule has 0 amide bonds. The molecule has 0 radical (unpaired) electrons. The Morgan fingerprint density at radius 2 is 1.57 bits per heavy atom. The molecule has 0 bridgehead atoms. The monoisotopic (exact) mass is 506 g/mol. The minimum atomic E-state index is -4.02.